The Kier molecular flexibility index (Phi) is 8.65. The van der Waals surface area contributed by atoms with Gasteiger partial charge in [0, 0.05) is 21.7 Å². The molecule has 0 radical (unpaired) electrons. The van der Waals surface area contributed by atoms with Crippen LogP contribution >= 0.6 is 34.5 Å². The molecular formula is C28H29Cl2N3O4S. The van der Waals surface area contributed by atoms with Gasteiger partial charge in [0.05, 0.1) is 41.5 Å². The molecule has 2 aromatic carbocycles. The molecule has 2 N–H and O–H groups in total. The summed E-state index contributed by atoms with van der Waals surface area (Å²) in [6.07, 6.45) is 0. The molecule has 0 saturated heterocycles. The number of carbonyl (C=O) groups is 2. The van der Waals surface area contributed by atoms with Gasteiger partial charge in [-0.05, 0) is 51.5 Å². The molecular weight excluding hydrogens is 545 g/mol. The van der Waals surface area contributed by atoms with E-state index in [0.717, 1.165) is 5.56 Å². The van der Waals surface area contributed by atoms with Gasteiger partial charge in [0.2, 0.25) is 0 Å². The quantitative estimate of drug-likeness (QED) is 0.299. The highest BCUT2D eigenvalue weighted by molar-refractivity contribution is 7.14. The molecule has 7 nitrogen and oxygen atoms in total. The summed E-state index contributed by atoms with van der Waals surface area (Å²) >= 11 is 13.8. The monoisotopic (exact) mass is 573 g/mol. The first-order valence-corrected chi connectivity index (χ1v) is 13.9. The Balaban J connectivity index is 1.89. The lowest BCUT2D eigenvalue weighted by molar-refractivity contribution is -0.151. The number of esters is 2. The van der Waals surface area contributed by atoms with Gasteiger partial charge in [0.1, 0.15) is 0 Å². The Bertz CT molecular complexity index is 1360. The second-order valence-electron chi connectivity index (χ2n) is 8.85. The van der Waals surface area contributed by atoms with Crippen molar-refractivity contribution >= 4 is 51.6 Å². The summed E-state index contributed by atoms with van der Waals surface area (Å²) in [5.74, 6) is -1.74. The third-order valence-electron chi connectivity index (χ3n) is 6.53. The van der Waals surface area contributed by atoms with Crippen molar-refractivity contribution < 1.29 is 19.1 Å². The van der Waals surface area contributed by atoms with Crippen molar-refractivity contribution in [2.24, 2.45) is 0 Å². The average Bonchev–Trinajstić information content (AvgIpc) is 3.34. The third-order valence-corrected chi connectivity index (χ3v) is 7.84. The van der Waals surface area contributed by atoms with Crippen LogP contribution in [0.3, 0.4) is 0 Å². The number of ether oxygens (including phenoxy) is 2. The van der Waals surface area contributed by atoms with Gasteiger partial charge < -0.3 is 20.1 Å². The maximum absolute atomic E-state index is 14.0. The molecule has 10 heteroatoms. The van der Waals surface area contributed by atoms with Crippen LogP contribution in [-0.4, -0.2) is 41.7 Å². The van der Waals surface area contributed by atoms with E-state index >= 15 is 0 Å². The molecule has 1 aliphatic rings. The molecule has 0 saturated carbocycles. The predicted molar refractivity (Wildman–Crippen MR) is 152 cm³/mol. The SMILES string of the molecule is CCOC(=O)C1=C(C)NC(C)C(Nc2nc(-c3ccc(Cl)cc3Cl)cs2)(C(=O)OCC)C1c1ccccc1. The normalized spacial score (nSPS) is 21.0. The van der Waals surface area contributed by atoms with Crippen LogP contribution in [0.25, 0.3) is 11.3 Å². The van der Waals surface area contributed by atoms with E-state index in [2.05, 4.69) is 10.6 Å². The maximum Gasteiger partial charge on any atom is 0.336 e. The largest absolute Gasteiger partial charge is 0.464 e. The second-order valence-corrected chi connectivity index (χ2v) is 10.5. The minimum absolute atomic E-state index is 0.164. The molecule has 3 unspecified atom stereocenters. The van der Waals surface area contributed by atoms with Crippen molar-refractivity contribution in [1.29, 1.82) is 0 Å². The van der Waals surface area contributed by atoms with Crippen LogP contribution in [0.15, 0.2) is 65.2 Å². The van der Waals surface area contributed by atoms with E-state index in [1.165, 1.54) is 11.3 Å². The highest BCUT2D eigenvalue weighted by atomic mass is 35.5. The van der Waals surface area contributed by atoms with Gasteiger partial charge >= 0.3 is 11.9 Å². The number of benzene rings is 2. The number of aromatic nitrogens is 1. The summed E-state index contributed by atoms with van der Waals surface area (Å²) in [6, 6.07) is 14.1. The van der Waals surface area contributed by atoms with Crippen molar-refractivity contribution in [2.45, 2.75) is 45.2 Å². The van der Waals surface area contributed by atoms with Crippen LogP contribution in [0.5, 0.6) is 0 Å². The molecule has 0 bridgehead atoms. The third kappa shape index (κ3) is 5.25. The van der Waals surface area contributed by atoms with Gasteiger partial charge in [-0.2, -0.15) is 0 Å². The van der Waals surface area contributed by atoms with Crippen LogP contribution in [0.1, 0.15) is 39.2 Å². The molecule has 0 amide bonds. The average molecular weight is 575 g/mol. The van der Waals surface area contributed by atoms with Gasteiger partial charge in [-0.25, -0.2) is 14.6 Å². The first-order chi connectivity index (χ1) is 18.2. The molecule has 0 fully saturated rings. The summed E-state index contributed by atoms with van der Waals surface area (Å²) in [7, 11) is 0. The Hall–Kier alpha value is -3.07. The standard InChI is InChI=1S/C28H29Cl2N3O4S/c1-5-36-25(34)23-16(3)31-17(4)28(26(35)37-6-2,24(23)18-10-8-7-9-11-18)33-27-32-22(15-38-27)20-13-12-19(29)14-21(20)30/h7-15,17,24,31H,5-6H2,1-4H3,(H,32,33). The van der Waals surface area contributed by atoms with E-state index < -0.39 is 29.4 Å². The van der Waals surface area contributed by atoms with Gasteiger partial charge in [0.25, 0.3) is 0 Å². The zero-order chi connectivity index (χ0) is 27.4. The van der Waals surface area contributed by atoms with Crippen molar-refractivity contribution in [2.75, 3.05) is 18.5 Å². The van der Waals surface area contributed by atoms with E-state index in [1.54, 1.807) is 32.0 Å². The van der Waals surface area contributed by atoms with Crippen molar-refractivity contribution in [3.63, 3.8) is 0 Å². The van der Waals surface area contributed by atoms with Crippen LogP contribution < -0.4 is 10.6 Å². The number of thiazole rings is 1. The number of hydrogen-bond donors (Lipinski definition) is 2. The fourth-order valence-electron chi connectivity index (χ4n) is 4.87. The van der Waals surface area contributed by atoms with Crippen molar-refractivity contribution in [3.8, 4) is 11.3 Å². The summed E-state index contributed by atoms with van der Waals surface area (Å²) in [5, 5.41) is 10.0. The topological polar surface area (TPSA) is 89.5 Å². The van der Waals surface area contributed by atoms with E-state index in [4.69, 9.17) is 37.7 Å². The fraction of sp³-hybridized carbons (Fsp3) is 0.321. The van der Waals surface area contributed by atoms with E-state index in [0.29, 0.717) is 37.7 Å². The van der Waals surface area contributed by atoms with Gasteiger partial charge in [-0.1, -0.05) is 53.5 Å². The molecule has 3 aromatic rings. The molecule has 0 spiro atoms. The second kappa shape index (κ2) is 11.8. The highest BCUT2D eigenvalue weighted by Crippen LogP contribution is 2.46. The lowest BCUT2D eigenvalue weighted by Crippen LogP contribution is -2.66. The predicted octanol–water partition coefficient (Wildman–Crippen LogP) is 6.44. The highest BCUT2D eigenvalue weighted by Gasteiger charge is 2.58. The number of nitrogens with one attached hydrogen (secondary N) is 2. The number of allylic oxidation sites excluding steroid dienone is 1. The molecule has 4 rings (SSSR count). The van der Waals surface area contributed by atoms with E-state index in [9.17, 15) is 9.59 Å². The molecule has 3 atom stereocenters. The fourth-order valence-corrected chi connectivity index (χ4v) is 6.16. The van der Waals surface area contributed by atoms with Crippen LogP contribution in [0.4, 0.5) is 5.13 Å². The zero-order valence-electron chi connectivity index (χ0n) is 21.5. The molecule has 1 aromatic heterocycles. The smallest absolute Gasteiger partial charge is 0.336 e. The summed E-state index contributed by atoms with van der Waals surface area (Å²) in [5.41, 5.74) is 1.67. The Morgan fingerprint density at radius 1 is 1.11 bits per heavy atom. The van der Waals surface area contributed by atoms with E-state index in [-0.39, 0.29) is 13.2 Å². The minimum atomic E-state index is -1.43. The minimum Gasteiger partial charge on any atom is -0.464 e. The lowest BCUT2D eigenvalue weighted by atomic mass is 9.68. The van der Waals surface area contributed by atoms with Crippen molar-refractivity contribution in [3.05, 3.63) is 80.8 Å². The van der Waals surface area contributed by atoms with Gasteiger partial charge in [-0.15, -0.1) is 11.3 Å². The summed E-state index contributed by atoms with van der Waals surface area (Å²) < 4.78 is 11.1. The van der Waals surface area contributed by atoms with Crippen molar-refractivity contribution in [1.82, 2.24) is 10.3 Å². The number of nitrogens with zero attached hydrogens (tertiary/aromatic N) is 1. The molecule has 200 valence electrons. The number of halogens is 2. The van der Waals surface area contributed by atoms with Crippen LogP contribution in [0, 0.1) is 0 Å². The van der Waals surface area contributed by atoms with Gasteiger partial charge in [0.15, 0.2) is 10.7 Å². The first kappa shape index (κ1) is 28.0. The number of rotatable bonds is 8. The van der Waals surface area contributed by atoms with Gasteiger partial charge in [-0.3, -0.25) is 0 Å². The Morgan fingerprint density at radius 2 is 1.82 bits per heavy atom. The molecule has 38 heavy (non-hydrogen) atoms. The first-order valence-electron chi connectivity index (χ1n) is 12.3. The molecule has 0 aliphatic carbocycles. The Labute approximate surface area is 236 Å². The Morgan fingerprint density at radius 3 is 2.47 bits per heavy atom. The molecule has 2 heterocycles. The van der Waals surface area contributed by atoms with Crippen LogP contribution in [-0.2, 0) is 19.1 Å². The number of hydrogen-bond acceptors (Lipinski definition) is 8. The molecule has 1 aliphatic heterocycles. The number of carbonyl (C=O) groups excluding carboxylic acids is 2. The zero-order valence-corrected chi connectivity index (χ0v) is 23.8. The van der Waals surface area contributed by atoms with E-state index in [1.807, 2.05) is 49.6 Å². The lowest BCUT2D eigenvalue weighted by Gasteiger charge is -2.48. The van der Waals surface area contributed by atoms with Crippen LogP contribution in [0.2, 0.25) is 10.0 Å². The maximum atomic E-state index is 14.0. The summed E-state index contributed by atoms with van der Waals surface area (Å²) in [4.78, 5) is 32.0. The summed E-state index contributed by atoms with van der Waals surface area (Å²) in [6.45, 7) is 7.57. The number of anilines is 1.